The summed E-state index contributed by atoms with van der Waals surface area (Å²) in [5.41, 5.74) is -0.159. The van der Waals surface area contributed by atoms with Gasteiger partial charge in [0.1, 0.15) is 17.0 Å². The Bertz CT molecular complexity index is 1900. The molecule has 0 radical (unpaired) electrons. The van der Waals surface area contributed by atoms with Gasteiger partial charge in [0.15, 0.2) is 0 Å². The van der Waals surface area contributed by atoms with Crippen LogP contribution in [0.2, 0.25) is 0 Å². The van der Waals surface area contributed by atoms with Crippen LogP contribution < -0.4 is 10.2 Å². The lowest BCUT2D eigenvalue weighted by Crippen LogP contribution is -2.59. The van der Waals surface area contributed by atoms with Crippen molar-refractivity contribution in [3.05, 3.63) is 46.5 Å². The maximum atomic E-state index is 14.3. The highest BCUT2D eigenvalue weighted by Gasteiger charge is 2.46. The van der Waals surface area contributed by atoms with Crippen LogP contribution in [-0.4, -0.2) is 117 Å². The molecule has 21 heteroatoms. The van der Waals surface area contributed by atoms with E-state index in [1.54, 1.807) is 30.0 Å². The number of carbonyl (C=O) groups excluding carboxylic acids is 3. The Balaban J connectivity index is 1.29. The van der Waals surface area contributed by atoms with E-state index in [2.05, 4.69) is 15.3 Å². The Morgan fingerprint density at radius 3 is 2.47 bits per heavy atom. The van der Waals surface area contributed by atoms with E-state index in [0.29, 0.717) is 45.8 Å². The Labute approximate surface area is 304 Å². The number of aromatic nitrogens is 2. The molecule has 13 nitrogen and oxygen atoms in total. The van der Waals surface area contributed by atoms with Gasteiger partial charge in [-0.05, 0) is 36.2 Å². The molecule has 0 bridgehead atoms. The zero-order chi connectivity index (χ0) is 38.5. The molecule has 1 atom stereocenters. The van der Waals surface area contributed by atoms with Crippen LogP contribution in [-0.2, 0) is 31.7 Å². The van der Waals surface area contributed by atoms with Crippen molar-refractivity contribution in [2.45, 2.75) is 49.6 Å². The van der Waals surface area contributed by atoms with Crippen molar-refractivity contribution in [2.75, 3.05) is 62.0 Å². The average Bonchev–Trinajstić information content (AvgIpc) is 3.50. The molecule has 0 saturated carbocycles. The number of benzene rings is 1. The highest BCUT2D eigenvalue weighted by molar-refractivity contribution is 8.24. The second kappa shape index (κ2) is 14.6. The molecular formula is C32H34F6N6O7S2. The number of thiophene rings is 1. The summed E-state index contributed by atoms with van der Waals surface area (Å²) in [4.78, 5) is 48.6. The van der Waals surface area contributed by atoms with Gasteiger partial charge < -0.3 is 29.5 Å². The number of nitrogens with zero attached hydrogens (tertiary/aromatic N) is 5. The molecule has 3 aliphatic rings. The first-order valence-corrected chi connectivity index (χ1v) is 18.8. The van der Waals surface area contributed by atoms with Crippen LogP contribution >= 0.6 is 21.9 Å². The second-order valence-electron chi connectivity index (χ2n) is 12.5. The number of fused-ring (bicyclic) bond motifs is 1. The standard InChI is InChI=1S/C32H34F6N6O7S2/c1-3-18-10-19(42-6-7-44(29(47)32(36,37)38)20(13-42)16-51-17(2)45)4-5-23(18)40-30-39-12-22(31(33,34)35)26(41-30)24-11-25-27(52-24)28(46)43(21-14-50-15-21)8-9-53(25,48)49/h4-5,10-12,20-21,48-49H,3,6-9,13-16H2,1-2H3,(H,39,40,41). The highest BCUT2D eigenvalue weighted by Crippen LogP contribution is 2.55. The molecule has 1 aromatic carbocycles. The summed E-state index contributed by atoms with van der Waals surface area (Å²) in [6.45, 7) is 2.67. The first-order valence-electron chi connectivity index (χ1n) is 16.3. The van der Waals surface area contributed by atoms with Gasteiger partial charge in [-0.1, -0.05) is 6.92 Å². The van der Waals surface area contributed by atoms with Crippen LogP contribution in [0.3, 0.4) is 0 Å². The molecule has 6 rings (SSSR count). The van der Waals surface area contributed by atoms with Crippen molar-refractivity contribution in [2.24, 2.45) is 0 Å². The van der Waals surface area contributed by atoms with Gasteiger partial charge in [0.05, 0.1) is 46.5 Å². The summed E-state index contributed by atoms with van der Waals surface area (Å²) in [6, 6.07) is 4.73. The molecule has 3 aliphatic heterocycles. The van der Waals surface area contributed by atoms with E-state index >= 15 is 0 Å². The van der Waals surface area contributed by atoms with Gasteiger partial charge in [0, 0.05) is 50.7 Å². The van der Waals surface area contributed by atoms with E-state index in [0.717, 1.165) is 6.92 Å². The molecule has 2 aromatic heterocycles. The van der Waals surface area contributed by atoms with Crippen LogP contribution in [0.5, 0.6) is 0 Å². The lowest BCUT2D eigenvalue weighted by Gasteiger charge is -2.42. The molecule has 3 N–H and O–H groups in total. The number of hydrogen-bond acceptors (Lipinski definition) is 12. The van der Waals surface area contributed by atoms with Gasteiger partial charge in [-0.3, -0.25) is 23.5 Å². The predicted molar refractivity (Wildman–Crippen MR) is 181 cm³/mol. The fraction of sp³-hybridized carbons (Fsp3) is 0.469. The normalized spacial score (nSPS) is 20.0. The number of alkyl halides is 6. The fourth-order valence-corrected chi connectivity index (χ4v) is 9.20. The number of nitrogens with one attached hydrogen (secondary N) is 1. The second-order valence-corrected chi connectivity index (χ2v) is 15.8. The number of hydrogen-bond donors (Lipinski definition) is 3. The van der Waals surface area contributed by atoms with Crippen molar-refractivity contribution in [3.63, 3.8) is 0 Å². The van der Waals surface area contributed by atoms with Crippen molar-refractivity contribution in [3.8, 4) is 10.6 Å². The molecule has 2 amide bonds. The smallest absolute Gasteiger partial charge is 0.464 e. The van der Waals surface area contributed by atoms with Crippen molar-refractivity contribution >= 4 is 57.0 Å². The SMILES string of the molecule is CCc1cc(N2CCN(C(=O)C(F)(F)F)C(COC(C)=O)C2)ccc1Nc1ncc(C(F)(F)F)c(-c2cc3c(s2)C(=O)N(C2COC2)CCS3(O)O)n1. The largest absolute Gasteiger partial charge is 0.471 e. The molecule has 2 saturated heterocycles. The summed E-state index contributed by atoms with van der Waals surface area (Å²) in [5, 5.41) is 2.94. The van der Waals surface area contributed by atoms with E-state index in [-0.39, 0.29) is 71.8 Å². The molecule has 2 fully saturated rings. The van der Waals surface area contributed by atoms with E-state index in [1.807, 2.05) is 0 Å². The Kier molecular flexibility index (Phi) is 10.6. The van der Waals surface area contributed by atoms with Crippen LogP contribution in [0.25, 0.3) is 10.6 Å². The molecule has 1 unspecified atom stereocenters. The van der Waals surface area contributed by atoms with Gasteiger partial charge in [0.2, 0.25) is 5.95 Å². The zero-order valence-electron chi connectivity index (χ0n) is 28.2. The van der Waals surface area contributed by atoms with Gasteiger partial charge in [-0.2, -0.15) is 36.9 Å². The number of ether oxygens (including phenoxy) is 2. The summed E-state index contributed by atoms with van der Waals surface area (Å²) < 4.78 is 115. The monoisotopic (exact) mass is 792 g/mol. The van der Waals surface area contributed by atoms with E-state index < -0.39 is 64.6 Å². The summed E-state index contributed by atoms with van der Waals surface area (Å²) in [5.74, 6) is -3.72. The van der Waals surface area contributed by atoms with E-state index in [9.17, 15) is 49.8 Å². The van der Waals surface area contributed by atoms with Crippen molar-refractivity contribution in [1.82, 2.24) is 19.8 Å². The third kappa shape index (κ3) is 8.03. The number of amides is 2. The summed E-state index contributed by atoms with van der Waals surface area (Å²) in [6.07, 6.45) is -9.03. The minimum absolute atomic E-state index is 0.0316. The maximum Gasteiger partial charge on any atom is 0.471 e. The first-order chi connectivity index (χ1) is 24.9. The van der Waals surface area contributed by atoms with Crippen LogP contribution in [0.15, 0.2) is 35.4 Å². The molecule has 288 valence electrons. The molecular weight excluding hydrogens is 759 g/mol. The van der Waals surface area contributed by atoms with E-state index in [1.165, 1.54) is 11.0 Å². The van der Waals surface area contributed by atoms with Crippen molar-refractivity contribution in [1.29, 1.82) is 0 Å². The Morgan fingerprint density at radius 1 is 1.11 bits per heavy atom. The van der Waals surface area contributed by atoms with Gasteiger partial charge in [-0.25, -0.2) is 9.97 Å². The Morgan fingerprint density at radius 2 is 1.85 bits per heavy atom. The molecule has 5 heterocycles. The quantitative estimate of drug-likeness (QED) is 0.192. The topological polar surface area (TPSA) is 158 Å². The van der Waals surface area contributed by atoms with Crippen LogP contribution in [0, 0.1) is 0 Å². The molecule has 0 spiro atoms. The number of rotatable bonds is 8. The maximum absolute atomic E-state index is 14.3. The lowest BCUT2D eigenvalue weighted by molar-refractivity contribution is -0.189. The average molecular weight is 793 g/mol. The summed E-state index contributed by atoms with van der Waals surface area (Å²) in [7, 11) is -3.53. The third-order valence-corrected chi connectivity index (χ3v) is 12.1. The number of halogens is 6. The third-order valence-electron chi connectivity index (χ3n) is 9.06. The van der Waals surface area contributed by atoms with Crippen LogP contribution in [0.1, 0.15) is 34.6 Å². The minimum Gasteiger partial charge on any atom is -0.464 e. The van der Waals surface area contributed by atoms with Gasteiger partial charge >= 0.3 is 24.2 Å². The highest BCUT2D eigenvalue weighted by atomic mass is 32.3. The first kappa shape index (κ1) is 38.5. The number of carbonyl (C=O) groups is 3. The zero-order valence-corrected chi connectivity index (χ0v) is 29.8. The number of piperazine rings is 1. The fourth-order valence-electron chi connectivity index (χ4n) is 6.23. The summed E-state index contributed by atoms with van der Waals surface area (Å²) >= 11 is 0.678. The van der Waals surface area contributed by atoms with Gasteiger partial charge in [-0.15, -0.1) is 11.3 Å². The minimum atomic E-state index is -5.12. The van der Waals surface area contributed by atoms with Crippen LogP contribution in [0.4, 0.5) is 43.7 Å². The molecule has 53 heavy (non-hydrogen) atoms. The van der Waals surface area contributed by atoms with E-state index in [4.69, 9.17) is 9.47 Å². The molecule has 3 aromatic rings. The molecule has 0 aliphatic carbocycles. The lowest BCUT2D eigenvalue weighted by atomic mass is 10.1. The number of aryl methyl sites for hydroxylation is 1. The number of anilines is 3. The predicted octanol–water partition coefficient (Wildman–Crippen LogP) is 5.64. The van der Waals surface area contributed by atoms with Gasteiger partial charge in [0.25, 0.3) is 5.91 Å². The Hall–Kier alpha value is -4.18. The van der Waals surface area contributed by atoms with Crippen molar-refractivity contribution < 1.29 is 59.3 Å². The number of esters is 1.